The van der Waals surface area contributed by atoms with Gasteiger partial charge in [-0.05, 0) is 36.2 Å². The number of amides is 1. The lowest BCUT2D eigenvalue weighted by Gasteiger charge is -2.14. The summed E-state index contributed by atoms with van der Waals surface area (Å²) in [5.74, 6) is -3.86. The third kappa shape index (κ3) is 5.38. The number of aromatic nitrogens is 1. The number of carbonyl (C=O) groups excluding carboxylic acids is 1. The van der Waals surface area contributed by atoms with E-state index in [1.54, 1.807) is 24.3 Å². The van der Waals surface area contributed by atoms with Crippen LogP contribution >= 0.6 is 11.6 Å². The van der Waals surface area contributed by atoms with Gasteiger partial charge < -0.3 is 15.5 Å². The van der Waals surface area contributed by atoms with Crippen LogP contribution in [0.25, 0.3) is 10.9 Å². The summed E-state index contributed by atoms with van der Waals surface area (Å²) >= 11 is 5.82. The van der Waals surface area contributed by atoms with Crippen LogP contribution in [0.1, 0.15) is 29.3 Å². The molecule has 0 radical (unpaired) electrons. The second-order valence-electron chi connectivity index (χ2n) is 7.05. The fourth-order valence-corrected chi connectivity index (χ4v) is 4.42. The van der Waals surface area contributed by atoms with Gasteiger partial charge >= 0.3 is 5.97 Å². The Balaban J connectivity index is 1.95. The zero-order valence-electron chi connectivity index (χ0n) is 17.2. The summed E-state index contributed by atoms with van der Waals surface area (Å²) in [6, 6.07) is 6.84. The van der Waals surface area contributed by atoms with E-state index in [4.69, 9.17) is 16.7 Å². The van der Waals surface area contributed by atoms with Crippen molar-refractivity contribution in [2.75, 3.05) is 0 Å². The van der Waals surface area contributed by atoms with E-state index in [9.17, 15) is 27.5 Å². The fourth-order valence-electron chi connectivity index (χ4n) is 2.99. The van der Waals surface area contributed by atoms with Gasteiger partial charge in [-0.1, -0.05) is 30.7 Å². The summed E-state index contributed by atoms with van der Waals surface area (Å²) < 4.78 is 41.7. The molecule has 0 saturated carbocycles. The number of pyridine rings is 1. The topological polar surface area (TPSA) is 146 Å². The van der Waals surface area contributed by atoms with Gasteiger partial charge in [0.25, 0.3) is 5.91 Å². The monoisotopic (exact) mass is 495 g/mol. The predicted molar refractivity (Wildman–Crippen MR) is 118 cm³/mol. The van der Waals surface area contributed by atoms with Crippen LogP contribution in [0.2, 0.25) is 5.02 Å². The van der Waals surface area contributed by atoms with E-state index >= 15 is 0 Å². The van der Waals surface area contributed by atoms with E-state index in [2.05, 4.69) is 10.3 Å². The summed E-state index contributed by atoms with van der Waals surface area (Å²) in [6.07, 6.45) is 0.928. The number of aliphatic carboxylic acids is 1. The number of sulfonamides is 1. The highest BCUT2D eigenvalue weighted by Crippen LogP contribution is 2.31. The molecular formula is C21H19ClFN3O6S. The van der Waals surface area contributed by atoms with Crippen LogP contribution < -0.4 is 10.0 Å². The maximum absolute atomic E-state index is 14.6. The van der Waals surface area contributed by atoms with Crippen LogP contribution in [0.3, 0.4) is 0 Å². The van der Waals surface area contributed by atoms with Crippen LogP contribution in [-0.2, 0) is 21.4 Å². The second kappa shape index (κ2) is 9.69. The summed E-state index contributed by atoms with van der Waals surface area (Å²) in [6.45, 7) is 1.57. The quantitative estimate of drug-likeness (QED) is 0.376. The Hall–Kier alpha value is -3.28. The van der Waals surface area contributed by atoms with Gasteiger partial charge in [-0.2, -0.15) is 4.72 Å². The van der Waals surface area contributed by atoms with E-state index in [0.29, 0.717) is 11.1 Å². The van der Waals surface area contributed by atoms with Crippen molar-refractivity contribution in [2.24, 2.45) is 0 Å². The van der Waals surface area contributed by atoms with Crippen molar-refractivity contribution in [1.29, 1.82) is 0 Å². The van der Waals surface area contributed by atoms with Crippen LogP contribution in [-0.4, -0.2) is 41.5 Å². The summed E-state index contributed by atoms with van der Waals surface area (Å²) in [4.78, 5) is 26.9. The lowest BCUT2D eigenvalue weighted by atomic mass is 10.1. The molecule has 0 aliphatic heterocycles. The molecule has 1 unspecified atom stereocenters. The molecule has 3 aromatic rings. The first kappa shape index (κ1) is 24.4. The third-order valence-electron chi connectivity index (χ3n) is 4.79. The molecular weight excluding hydrogens is 477 g/mol. The number of carboxylic acids is 1. The highest BCUT2D eigenvalue weighted by atomic mass is 35.5. The lowest BCUT2D eigenvalue weighted by Crippen LogP contribution is -2.40. The number of hydrogen-bond acceptors (Lipinski definition) is 6. The molecule has 1 aromatic heterocycles. The van der Waals surface area contributed by atoms with Crippen LogP contribution in [0.4, 0.5) is 4.39 Å². The fraction of sp³-hybridized carbons (Fsp3) is 0.190. The second-order valence-corrected chi connectivity index (χ2v) is 9.20. The maximum atomic E-state index is 14.6. The average molecular weight is 496 g/mol. The molecule has 0 spiro atoms. The SMILES string of the molecule is CCC(NS(=O)(=O)c1cc(F)c2ncc(C(=O)NCc3ccc(Cl)cc3)c(O)c2c1)C(=O)O. The molecule has 0 aliphatic carbocycles. The molecule has 1 heterocycles. The summed E-state index contributed by atoms with van der Waals surface area (Å²) in [5.41, 5.74) is 0.0803. The van der Waals surface area contributed by atoms with Crippen molar-refractivity contribution in [3.05, 3.63) is 64.6 Å². The molecule has 0 saturated heterocycles. The Morgan fingerprint density at radius 2 is 1.88 bits per heavy atom. The van der Waals surface area contributed by atoms with Gasteiger partial charge in [-0.25, -0.2) is 12.8 Å². The smallest absolute Gasteiger partial charge is 0.321 e. The number of aromatic hydroxyl groups is 1. The van der Waals surface area contributed by atoms with Crippen molar-refractivity contribution < 1.29 is 32.6 Å². The first-order chi connectivity index (χ1) is 15.5. The molecule has 1 atom stereocenters. The predicted octanol–water partition coefficient (Wildman–Crippen LogP) is 2.80. The normalized spacial score (nSPS) is 12.5. The molecule has 0 aliphatic rings. The summed E-state index contributed by atoms with van der Waals surface area (Å²) in [7, 11) is -4.45. The molecule has 0 fully saturated rings. The molecule has 0 bridgehead atoms. The number of hydrogen-bond donors (Lipinski definition) is 4. The van der Waals surface area contributed by atoms with Gasteiger partial charge in [0.1, 0.15) is 22.9 Å². The Labute approximate surface area is 193 Å². The van der Waals surface area contributed by atoms with Crippen molar-refractivity contribution in [1.82, 2.24) is 15.0 Å². The average Bonchev–Trinajstić information content (AvgIpc) is 2.77. The van der Waals surface area contributed by atoms with E-state index in [-0.39, 0.29) is 29.4 Å². The first-order valence-electron chi connectivity index (χ1n) is 9.62. The van der Waals surface area contributed by atoms with Crippen molar-refractivity contribution >= 4 is 44.4 Å². The van der Waals surface area contributed by atoms with Crippen LogP contribution in [0.15, 0.2) is 47.5 Å². The van der Waals surface area contributed by atoms with Gasteiger partial charge in [0.2, 0.25) is 10.0 Å². The van der Waals surface area contributed by atoms with Gasteiger partial charge in [0, 0.05) is 23.2 Å². The van der Waals surface area contributed by atoms with Crippen molar-refractivity contribution in [2.45, 2.75) is 30.8 Å². The van der Waals surface area contributed by atoms with Gasteiger partial charge in [0.05, 0.1) is 4.90 Å². The Bertz CT molecular complexity index is 1330. The zero-order chi connectivity index (χ0) is 24.3. The molecule has 3 rings (SSSR count). The minimum Gasteiger partial charge on any atom is -0.506 e. The standard InChI is InChI=1S/C21H19ClFN3O6S/c1-2-17(21(29)30)26-33(31,32)13-7-14-18(16(23)8-13)24-10-15(19(14)27)20(28)25-9-11-3-5-12(22)6-4-11/h3-8,10,17,26H,2,9H2,1H3,(H,24,27)(H,25,28)(H,29,30). The number of carbonyl (C=O) groups is 2. The van der Waals surface area contributed by atoms with Gasteiger partial charge in [-0.15, -0.1) is 0 Å². The highest BCUT2D eigenvalue weighted by Gasteiger charge is 2.26. The number of halogens is 2. The minimum absolute atomic E-state index is 0.0463. The molecule has 2 aromatic carbocycles. The number of fused-ring (bicyclic) bond motifs is 1. The van der Waals surface area contributed by atoms with E-state index in [0.717, 1.165) is 17.8 Å². The van der Waals surface area contributed by atoms with E-state index in [1.807, 2.05) is 4.72 Å². The first-order valence-corrected chi connectivity index (χ1v) is 11.5. The van der Waals surface area contributed by atoms with E-state index in [1.165, 1.54) is 6.92 Å². The molecule has 1 amide bonds. The zero-order valence-corrected chi connectivity index (χ0v) is 18.7. The van der Waals surface area contributed by atoms with Gasteiger partial charge in [0.15, 0.2) is 5.82 Å². The number of rotatable bonds is 8. The lowest BCUT2D eigenvalue weighted by molar-refractivity contribution is -0.139. The van der Waals surface area contributed by atoms with Crippen molar-refractivity contribution in [3.63, 3.8) is 0 Å². The Kier molecular flexibility index (Phi) is 7.15. The summed E-state index contributed by atoms with van der Waals surface area (Å²) in [5, 5.41) is 22.5. The molecule has 174 valence electrons. The highest BCUT2D eigenvalue weighted by molar-refractivity contribution is 7.89. The maximum Gasteiger partial charge on any atom is 0.321 e. The molecule has 33 heavy (non-hydrogen) atoms. The number of benzene rings is 2. The molecule has 12 heteroatoms. The Morgan fingerprint density at radius 3 is 2.48 bits per heavy atom. The van der Waals surface area contributed by atoms with Crippen LogP contribution in [0.5, 0.6) is 5.75 Å². The molecule has 4 N–H and O–H groups in total. The van der Waals surface area contributed by atoms with E-state index < -0.39 is 44.4 Å². The number of nitrogens with zero attached hydrogens (tertiary/aromatic N) is 1. The Morgan fingerprint density at radius 1 is 1.21 bits per heavy atom. The van der Waals surface area contributed by atoms with Crippen LogP contribution in [0, 0.1) is 5.82 Å². The number of nitrogens with one attached hydrogen (secondary N) is 2. The number of carboxylic acid groups (broad SMARTS) is 1. The van der Waals surface area contributed by atoms with Crippen molar-refractivity contribution in [3.8, 4) is 5.75 Å². The largest absolute Gasteiger partial charge is 0.506 e. The molecule has 9 nitrogen and oxygen atoms in total. The van der Waals surface area contributed by atoms with Gasteiger partial charge in [-0.3, -0.25) is 14.6 Å². The minimum atomic E-state index is -4.45. The third-order valence-corrected chi connectivity index (χ3v) is 6.50.